The van der Waals surface area contributed by atoms with E-state index in [2.05, 4.69) is 9.97 Å². The molecule has 3 aromatic rings. The van der Waals surface area contributed by atoms with Gasteiger partial charge in [-0.05, 0) is 23.6 Å². The van der Waals surface area contributed by atoms with E-state index in [1.165, 1.54) is 23.9 Å². The third kappa shape index (κ3) is 3.19. The van der Waals surface area contributed by atoms with Crippen molar-refractivity contribution in [3.05, 3.63) is 80.0 Å². The molecule has 0 spiro atoms. The fourth-order valence-corrected chi connectivity index (χ4v) is 3.46. The maximum atomic E-state index is 12.5. The molecule has 0 unspecified atom stereocenters. The van der Waals surface area contributed by atoms with Crippen LogP contribution in [0.15, 0.2) is 48.9 Å². The number of benzene rings is 1. The second-order valence-corrected chi connectivity index (χ2v) is 6.64. The van der Waals surface area contributed by atoms with Crippen LogP contribution in [0.25, 0.3) is 0 Å². The lowest BCUT2D eigenvalue weighted by molar-refractivity contribution is 0.104. The van der Waals surface area contributed by atoms with Crippen LogP contribution in [-0.2, 0) is 6.42 Å². The van der Waals surface area contributed by atoms with E-state index in [1.807, 2.05) is 36.4 Å². The van der Waals surface area contributed by atoms with E-state index >= 15 is 0 Å². The Morgan fingerprint density at radius 3 is 2.68 bits per heavy atom. The average molecular weight is 349 g/mol. The number of carbonyl (C=O) groups is 1. The number of nitrogens with zero attached hydrogens (tertiary/aromatic N) is 2. The predicted molar refractivity (Wildman–Crippen MR) is 89.1 cm³/mol. The van der Waals surface area contributed by atoms with Crippen LogP contribution in [0.3, 0.4) is 0 Å². The summed E-state index contributed by atoms with van der Waals surface area (Å²) >= 11 is 13.5. The largest absolute Gasteiger partial charge is 0.288 e. The Balaban J connectivity index is 1.89. The smallest absolute Gasteiger partial charge is 0.207 e. The molecule has 3 rings (SSSR count). The molecular formula is C16H10Cl2N2OS. The van der Waals surface area contributed by atoms with Crippen molar-refractivity contribution in [2.75, 3.05) is 0 Å². The second kappa shape index (κ2) is 6.57. The Morgan fingerprint density at radius 2 is 1.95 bits per heavy atom. The van der Waals surface area contributed by atoms with Crippen LogP contribution >= 0.6 is 34.5 Å². The lowest BCUT2D eigenvalue weighted by Crippen LogP contribution is -2.01. The van der Waals surface area contributed by atoms with Crippen LogP contribution in [0.1, 0.15) is 26.4 Å². The van der Waals surface area contributed by atoms with Crippen molar-refractivity contribution in [3.8, 4) is 0 Å². The molecule has 22 heavy (non-hydrogen) atoms. The molecule has 0 N–H and O–H groups in total. The molecule has 110 valence electrons. The van der Waals surface area contributed by atoms with Crippen LogP contribution < -0.4 is 0 Å². The summed E-state index contributed by atoms with van der Waals surface area (Å²) in [6, 6.07) is 11.8. The van der Waals surface area contributed by atoms with Gasteiger partial charge < -0.3 is 0 Å². The number of hydrogen-bond acceptors (Lipinski definition) is 4. The molecule has 2 aromatic heterocycles. The Bertz CT molecular complexity index is 818. The van der Waals surface area contributed by atoms with E-state index < -0.39 is 0 Å². The van der Waals surface area contributed by atoms with Gasteiger partial charge in [-0.3, -0.25) is 4.79 Å². The average Bonchev–Trinajstić information content (AvgIpc) is 2.89. The highest BCUT2D eigenvalue weighted by atomic mass is 35.5. The van der Waals surface area contributed by atoms with E-state index in [9.17, 15) is 4.79 Å². The second-order valence-electron chi connectivity index (χ2n) is 4.63. The summed E-state index contributed by atoms with van der Waals surface area (Å²) in [7, 11) is 0. The minimum absolute atomic E-state index is 0.147. The van der Waals surface area contributed by atoms with Gasteiger partial charge in [-0.25, -0.2) is 9.97 Å². The number of rotatable bonds is 4. The number of carbonyl (C=O) groups excluding carboxylic acids is 1. The van der Waals surface area contributed by atoms with Gasteiger partial charge in [-0.15, -0.1) is 11.3 Å². The molecule has 3 nitrogen and oxygen atoms in total. The minimum atomic E-state index is -0.211. The monoisotopic (exact) mass is 348 g/mol. The Hall–Kier alpha value is -1.75. The van der Waals surface area contributed by atoms with Crippen molar-refractivity contribution < 1.29 is 4.79 Å². The fraction of sp³-hybridized carbons (Fsp3) is 0.0625. The van der Waals surface area contributed by atoms with E-state index in [0.717, 1.165) is 11.1 Å². The molecule has 0 radical (unpaired) electrons. The topological polar surface area (TPSA) is 42.9 Å². The molecule has 0 aliphatic carbocycles. The normalized spacial score (nSPS) is 10.6. The standard InChI is InChI=1S/C16H10Cl2N2OS/c17-15-12(8-19-9-20-15)14(21)13-7-11(16(18)22-13)6-10-4-2-1-3-5-10/h1-5,7-9H,6H2. The molecule has 0 atom stereocenters. The van der Waals surface area contributed by atoms with Crippen molar-refractivity contribution in [1.29, 1.82) is 0 Å². The van der Waals surface area contributed by atoms with E-state index in [-0.39, 0.29) is 16.5 Å². The summed E-state index contributed by atoms with van der Waals surface area (Å²) in [4.78, 5) is 20.7. The first kappa shape index (κ1) is 15.2. The number of halogens is 2. The van der Waals surface area contributed by atoms with Crippen molar-refractivity contribution in [2.24, 2.45) is 0 Å². The highest BCUT2D eigenvalue weighted by Gasteiger charge is 2.18. The number of hydrogen-bond donors (Lipinski definition) is 0. The van der Waals surface area contributed by atoms with Crippen LogP contribution in [0.5, 0.6) is 0 Å². The van der Waals surface area contributed by atoms with Gasteiger partial charge in [0.2, 0.25) is 5.78 Å². The molecule has 0 bridgehead atoms. The Kier molecular flexibility index (Phi) is 4.52. The minimum Gasteiger partial charge on any atom is -0.288 e. The molecule has 0 aliphatic rings. The van der Waals surface area contributed by atoms with Crippen molar-refractivity contribution >= 4 is 40.3 Å². The Labute approximate surface area is 141 Å². The summed E-state index contributed by atoms with van der Waals surface area (Å²) in [6.07, 6.45) is 3.41. The van der Waals surface area contributed by atoms with Crippen LogP contribution in [0.4, 0.5) is 0 Å². The predicted octanol–water partition coefficient (Wildman–Crippen LogP) is 4.67. The van der Waals surface area contributed by atoms with Gasteiger partial charge >= 0.3 is 0 Å². The zero-order valence-electron chi connectivity index (χ0n) is 11.3. The third-order valence-corrected chi connectivity index (χ3v) is 4.87. The molecule has 0 fully saturated rings. The number of aromatic nitrogens is 2. The molecule has 0 saturated carbocycles. The lowest BCUT2D eigenvalue weighted by Gasteiger charge is -1.99. The van der Waals surface area contributed by atoms with Gasteiger partial charge in [0.1, 0.15) is 11.5 Å². The fourth-order valence-electron chi connectivity index (χ4n) is 2.05. The molecular weight excluding hydrogens is 339 g/mol. The van der Waals surface area contributed by atoms with Crippen molar-refractivity contribution in [2.45, 2.75) is 6.42 Å². The van der Waals surface area contributed by atoms with Gasteiger partial charge in [0, 0.05) is 6.20 Å². The lowest BCUT2D eigenvalue weighted by atomic mass is 10.1. The highest BCUT2D eigenvalue weighted by molar-refractivity contribution is 7.18. The molecule has 0 saturated heterocycles. The van der Waals surface area contributed by atoms with E-state index in [4.69, 9.17) is 23.2 Å². The van der Waals surface area contributed by atoms with Crippen molar-refractivity contribution in [3.63, 3.8) is 0 Å². The van der Waals surface area contributed by atoms with Crippen LogP contribution in [0.2, 0.25) is 9.49 Å². The first-order valence-electron chi connectivity index (χ1n) is 6.47. The van der Waals surface area contributed by atoms with E-state index in [1.54, 1.807) is 0 Å². The van der Waals surface area contributed by atoms with E-state index in [0.29, 0.717) is 15.6 Å². The van der Waals surface area contributed by atoms with Crippen molar-refractivity contribution in [1.82, 2.24) is 9.97 Å². The highest BCUT2D eigenvalue weighted by Crippen LogP contribution is 2.31. The zero-order chi connectivity index (χ0) is 15.5. The zero-order valence-corrected chi connectivity index (χ0v) is 13.6. The Morgan fingerprint density at radius 1 is 1.18 bits per heavy atom. The van der Waals surface area contributed by atoms with Gasteiger partial charge in [0.15, 0.2) is 0 Å². The molecule has 0 amide bonds. The van der Waals surface area contributed by atoms with Crippen LogP contribution in [-0.4, -0.2) is 15.8 Å². The maximum Gasteiger partial charge on any atom is 0.207 e. The van der Waals surface area contributed by atoms with Gasteiger partial charge in [-0.2, -0.15) is 0 Å². The maximum absolute atomic E-state index is 12.5. The number of thiophene rings is 1. The van der Waals surface area contributed by atoms with Crippen LogP contribution in [0, 0.1) is 0 Å². The first-order chi connectivity index (χ1) is 10.6. The quantitative estimate of drug-likeness (QED) is 0.508. The van der Waals surface area contributed by atoms with Gasteiger partial charge in [0.25, 0.3) is 0 Å². The molecule has 1 aromatic carbocycles. The number of ketones is 1. The summed E-state index contributed by atoms with van der Waals surface area (Å²) in [5.41, 5.74) is 2.35. The molecule has 6 heteroatoms. The summed E-state index contributed by atoms with van der Waals surface area (Å²) < 4.78 is 0.611. The summed E-state index contributed by atoms with van der Waals surface area (Å²) in [5, 5.41) is 0.147. The van der Waals surface area contributed by atoms with Gasteiger partial charge in [0.05, 0.1) is 14.8 Å². The van der Waals surface area contributed by atoms with Gasteiger partial charge in [-0.1, -0.05) is 53.5 Å². The molecule has 2 heterocycles. The SMILES string of the molecule is O=C(c1cc(Cc2ccccc2)c(Cl)s1)c1cncnc1Cl. The summed E-state index contributed by atoms with van der Waals surface area (Å²) in [6.45, 7) is 0. The third-order valence-electron chi connectivity index (χ3n) is 3.13. The molecule has 0 aliphatic heterocycles. The first-order valence-corrected chi connectivity index (χ1v) is 8.04. The summed E-state index contributed by atoms with van der Waals surface area (Å²) in [5.74, 6) is -0.211.